The third-order valence-corrected chi connectivity index (χ3v) is 9.01. The van der Waals surface area contributed by atoms with E-state index in [4.69, 9.17) is 0 Å². The van der Waals surface area contributed by atoms with Crippen LogP contribution in [0.1, 0.15) is 54.9 Å². The molecule has 0 spiro atoms. The van der Waals surface area contributed by atoms with Gasteiger partial charge in [0, 0.05) is 62.2 Å². The molecule has 1 heterocycles. The number of carbonyl (C=O) groups is 3. The van der Waals surface area contributed by atoms with Gasteiger partial charge >= 0.3 is 6.09 Å². The second-order valence-corrected chi connectivity index (χ2v) is 13.0. The molecule has 5 aromatic rings. The monoisotopic (exact) mass is 791 g/mol. The van der Waals surface area contributed by atoms with E-state index in [1.165, 1.54) is 12.1 Å². The highest BCUT2D eigenvalue weighted by atomic mass is 35.5. The molecule has 0 bridgehead atoms. The third kappa shape index (κ3) is 12.9. The first-order valence-corrected chi connectivity index (χ1v) is 17.6. The van der Waals surface area contributed by atoms with Gasteiger partial charge in [0.1, 0.15) is 5.75 Å². The SMILES string of the molecule is CN(CCCCC(=O)Nc1ccc(CNC[C@@H](O)c2ccc(O)c3[nH]c(=O)ccc23)cc1)C(=O)CCCc1ccc(-c2ccccc2)c(NC(=O)O)c1.Cl.Cl. The van der Waals surface area contributed by atoms with Crippen molar-refractivity contribution in [2.24, 2.45) is 0 Å². The Labute approximate surface area is 331 Å². The predicted octanol–water partition coefficient (Wildman–Crippen LogP) is 7.25. The van der Waals surface area contributed by atoms with Crippen molar-refractivity contribution in [3.05, 3.63) is 124 Å². The average molecular weight is 793 g/mol. The lowest BCUT2D eigenvalue weighted by atomic mass is 9.99. The van der Waals surface area contributed by atoms with Gasteiger partial charge in [0.05, 0.1) is 17.3 Å². The summed E-state index contributed by atoms with van der Waals surface area (Å²) in [7, 11) is 1.77. The van der Waals surface area contributed by atoms with Crippen LogP contribution >= 0.6 is 24.8 Å². The predicted molar refractivity (Wildman–Crippen MR) is 220 cm³/mol. The minimum absolute atomic E-state index is 0. The highest BCUT2D eigenvalue weighted by molar-refractivity contribution is 5.91. The number of halogens is 2. The minimum Gasteiger partial charge on any atom is -0.506 e. The fourth-order valence-electron chi connectivity index (χ4n) is 6.17. The van der Waals surface area contributed by atoms with Crippen molar-refractivity contribution < 1.29 is 29.7 Å². The number of nitrogens with zero attached hydrogens (tertiary/aromatic N) is 1. The molecule has 292 valence electrons. The third-order valence-electron chi connectivity index (χ3n) is 9.01. The number of H-pyrrole nitrogens is 1. The number of aryl methyl sites for hydroxylation is 1. The van der Waals surface area contributed by atoms with Crippen molar-refractivity contribution in [3.63, 3.8) is 0 Å². The topological polar surface area (TPSA) is 184 Å². The van der Waals surface area contributed by atoms with Crippen LogP contribution in [-0.4, -0.2) is 63.2 Å². The van der Waals surface area contributed by atoms with Gasteiger partial charge in [0.15, 0.2) is 0 Å². The number of unbranched alkanes of at least 4 members (excludes halogenated alkanes) is 1. The molecule has 0 unspecified atom stereocenters. The summed E-state index contributed by atoms with van der Waals surface area (Å²) in [5, 5.41) is 39.4. The van der Waals surface area contributed by atoms with Crippen LogP contribution in [0, 0.1) is 0 Å². The molecule has 0 saturated carbocycles. The summed E-state index contributed by atoms with van der Waals surface area (Å²) in [6.45, 7) is 1.28. The zero-order chi connectivity index (χ0) is 37.7. The molecule has 0 radical (unpaired) electrons. The highest BCUT2D eigenvalue weighted by Crippen LogP contribution is 2.30. The molecule has 1 aromatic heterocycles. The molecule has 0 aliphatic heterocycles. The van der Waals surface area contributed by atoms with Crippen LogP contribution in [0.15, 0.2) is 102 Å². The fraction of sp³-hybridized carbons (Fsp3) is 0.268. The van der Waals surface area contributed by atoms with Gasteiger partial charge in [0.25, 0.3) is 0 Å². The summed E-state index contributed by atoms with van der Waals surface area (Å²) >= 11 is 0. The Morgan fingerprint density at radius 2 is 1.55 bits per heavy atom. The summed E-state index contributed by atoms with van der Waals surface area (Å²) in [4.78, 5) is 52.6. The standard InChI is InChI=1S/C41H45N5O7.2ClH/c1-46(39(51)12-7-8-27-15-18-31(29-9-3-2-4-10-29)34(24-27)44-41(52)53)23-6-5-11-37(49)43-30-16-13-28(14-17-30)25-42-26-36(48)32-19-21-35(47)40-33(32)20-22-38(50)45-40;;/h2-4,9-10,13-22,24,36,42,44,47-48H,5-8,11-12,23,25-26H2,1H3,(H,43,49)(H,45,50)(H,52,53);2*1H/t36-;;/m1../s1. The molecule has 1 atom stereocenters. The number of fused-ring (bicyclic) bond motifs is 1. The molecular weight excluding hydrogens is 745 g/mol. The Bertz CT molecular complexity index is 2100. The van der Waals surface area contributed by atoms with E-state index in [0.717, 1.165) is 22.3 Å². The Morgan fingerprint density at radius 3 is 2.27 bits per heavy atom. The molecule has 3 amide bonds. The lowest BCUT2D eigenvalue weighted by Gasteiger charge is -2.17. The second-order valence-electron chi connectivity index (χ2n) is 13.0. The number of carbonyl (C=O) groups excluding carboxylic acids is 2. The summed E-state index contributed by atoms with van der Waals surface area (Å²) in [6, 6.07) is 28.7. The van der Waals surface area contributed by atoms with Gasteiger partial charge in [0.2, 0.25) is 17.4 Å². The maximum Gasteiger partial charge on any atom is 0.409 e. The Balaban J connectivity index is 0.00000406. The van der Waals surface area contributed by atoms with Crippen LogP contribution in [-0.2, 0) is 22.6 Å². The number of aromatic hydroxyl groups is 1. The van der Waals surface area contributed by atoms with Gasteiger partial charge in [-0.1, -0.05) is 60.7 Å². The zero-order valence-corrected chi connectivity index (χ0v) is 32.1. The van der Waals surface area contributed by atoms with Crippen LogP contribution in [0.25, 0.3) is 22.0 Å². The van der Waals surface area contributed by atoms with Crippen molar-refractivity contribution in [1.29, 1.82) is 0 Å². The highest BCUT2D eigenvalue weighted by Gasteiger charge is 2.15. The molecule has 14 heteroatoms. The Hall–Kier alpha value is -5.40. The number of pyridine rings is 1. The van der Waals surface area contributed by atoms with E-state index < -0.39 is 12.2 Å². The van der Waals surface area contributed by atoms with Crippen LogP contribution in [0.5, 0.6) is 5.75 Å². The van der Waals surface area contributed by atoms with Crippen molar-refractivity contribution in [3.8, 4) is 16.9 Å². The summed E-state index contributed by atoms with van der Waals surface area (Å²) in [6.07, 6.45) is 1.27. The van der Waals surface area contributed by atoms with Crippen LogP contribution < -0.4 is 21.5 Å². The van der Waals surface area contributed by atoms with Gasteiger partial charge < -0.3 is 35.8 Å². The Kier molecular flexibility index (Phi) is 17.2. The molecule has 0 saturated heterocycles. The quantitative estimate of drug-likeness (QED) is 0.0481. The number of carboxylic acid groups (broad SMARTS) is 1. The number of amides is 3. The molecule has 4 aromatic carbocycles. The maximum atomic E-state index is 12.7. The van der Waals surface area contributed by atoms with E-state index in [1.54, 1.807) is 24.1 Å². The largest absolute Gasteiger partial charge is 0.506 e. The van der Waals surface area contributed by atoms with Crippen LogP contribution in [0.3, 0.4) is 0 Å². The average Bonchev–Trinajstić information content (AvgIpc) is 3.14. The van der Waals surface area contributed by atoms with E-state index in [2.05, 4.69) is 20.9 Å². The molecule has 0 aliphatic rings. The van der Waals surface area contributed by atoms with Crippen molar-refractivity contribution >= 4 is 65.0 Å². The number of aliphatic hydroxyl groups is 1. The number of hydrogen-bond acceptors (Lipinski definition) is 7. The molecule has 55 heavy (non-hydrogen) atoms. The maximum absolute atomic E-state index is 12.7. The van der Waals surface area contributed by atoms with Crippen molar-refractivity contribution in [2.75, 3.05) is 30.8 Å². The van der Waals surface area contributed by atoms with Gasteiger partial charge in [-0.15, -0.1) is 24.8 Å². The number of benzene rings is 4. The minimum atomic E-state index is -1.13. The normalized spacial score (nSPS) is 11.2. The van der Waals surface area contributed by atoms with Crippen molar-refractivity contribution in [2.45, 2.75) is 51.2 Å². The molecule has 5 rings (SSSR count). The molecule has 12 nitrogen and oxygen atoms in total. The van der Waals surface area contributed by atoms with Gasteiger partial charge in [-0.3, -0.25) is 19.7 Å². The van der Waals surface area contributed by atoms with E-state index >= 15 is 0 Å². The lowest BCUT2D eigenvalue weighted by Crippen LogP contribution is -2.27. The van der Waals surface area contributed by atoms with E-state index in [0.29, 0.717) is 73.9 Å². The van der Waals surface area contributed by atoms with E-state index in [9.17, 15) is 34.5 Å². The first-order chi connectivity index (χ1) is 25.6. The smallest absolute Gasteiger partial charge is 0.409 e. The molecule has 7 N–H and O–H groups in total. The number of rotatable bonds is 17. The van der Waals surface area contributed by atoms with Gasteiger partial charge in [-0.05, 0) is 78.3 Å². The lowest BCUT2D eigenvalue weighted by molar-refractivity contribution is -0.130. The van der Waals surface area contributed by atoms with Gasteiger partial charge in [-0.25, -0.2) is 4.79 Å². The molecular formula is C41H47Cl2N5O7. The number of nitrogens with one attached hydrogen (secondary N) is 4. The van der Waals surface area contributed by atoms with E-state index in [-0.39, 0.29) is 60.0 Å². The van der Waals surface area contributed by atoms with Gasteiger partial charge in [-0.2, -0.15) is 0 Å². The Morgan fingerprint density at radius 1 is 0.818 bits per heavy atom. The number of phenolic OH excluding ortho intramolecular Hbond substituents is 1. The number of phenols is 1. The number of anilines is 2. The van der Waals surface area contributed by atoms with E-state index in [1.807, 2.05) is 72.8 Å². The van der Waals surface area contributed by atoms with Crippen LogP contribution in [0.2, 0.25) is 0 Å². The molecule has 0 aliphatic carbocycles. The fourth-order valence-corrected chi connectivity index (χ4v) is 6.17. The summed E-state index contributed by atoms with van der Waals surface area (Å²) < 4.78 is 0. The summed E-state index contributed by atoms with van der Waals surface area (Å²) in [5.74, 6) is -0.144. The number of hydrogen-bond donors (Lipinski definition) is 7. The number of aromatic nitrogens is 1. The first kappa shape index (κ1) is 44.0. The zero-order valence-electron chi connectivity index (χ0n) is 30.4. The van der Waals surface area contributed by atoms with Crippen molar-refractivity contribution in [1.82, 2.24) is 15.2 Å². The first-order valence-electron chi connectivity index (χ1n) is 17.6. The second kappa shape index (κ2) is 21.5. The summed E-state index contributed by atoms with van der Waals surface area (Å²) in [5.41, 5.74) is 5.33. The van der Waals surface area contributed by atoms with Crippen LogP contribution in [0.4, 0.5) is 16.2 Å². The number of aromatic amines is 1. The molecule has 0 fully saturated rings. The number of aliphatic hydroxyl groups excluding tert-OH is 1.